The second-order valence-corrected chi connectivity index (χ2v) is 6.86. The third kappa shape index (κ3) is 3.04. The fourth-order valence-corrected chi connectivity index (χ4v) is 3.27. The van der Waals surface area contributed by atoms with E-state index >= 15 is 0 Å². The number of nitrogens with one attached hydrogen (secondary N) is 2. The van der Waals surface area contributed by atoms with Crippen LogP contribution in [0.5, 0.6) is 0 Å². The lowest BCUT2D eigenvalue weighted by atomic mass is 9.93. The van der Waals surface area contributed by atoms with E-state index in [-0.39, 0.29) is 17.3 Å². The van der Waals surface area contributed by atoms with E-state index in [1.54, 1.807) is 24.5 Å². The normalized spacial score (nSPS) is 14.4. The van der Waals surface area contributed by atoms with Crippen LogP contribution in [0.15, 0.2) is 36.9 Å². The lowest BCUT2D eigenvalue weighted by Crippen LogP contribution is -2.17. The maximum absolute atomic E-state index is 13.4. The second-order valence-electron chi connectivity index (χ2n) is 6.86. The number of amides is 1. The topological polar surface area (TPSA) is 106 Å². The highest BCUT2D eigenvalue weighted by atomic mass is 19.3. The summed E-state index contributed by atoms with van der Waals surface area (Å²) in [5.41, 5.74) is 1.30. The van der Waals surface area contributed by atoms with Crippen LogP contribution in [0.25, 0.3) is 17.0 Å². The molecule has 0 spiro atoms. The number of aromatic amines is 1. The van der Waals surface area contributed by atoms with Gasteiger partial charge in [-0.2, -0.15) is 15.3 Å². The van der Waals surface area contributed by atoms with Crippen molar-refractivity contribution >= 4 is 17.2 Å². The van der Waals surface area contributed by atoms with E-state index in [2.05, 4.69) is 30.7 Å². The summed E-state index contributed by atoms with van der Waals surface area (Å²) < 4.78 is 29.8. The Morgan fingerprint density at radius 2 is 2.17 bits per heavy atom. The molecule has 1 aliphatic rings. The zero-order chi connectivity index (χ0) is 20.0. The van der Waals surface area contributed by atoms with Crippen LogP contribution in [0.3, 0.4) is 0 Å². The van der Waals surface area contributed by atoms with Gasteiger partial charge in [-0.1, -0.05) is 0 Å². The van der Waals surface area contributed by atoms with Crippen molar-refractivity contribution in [1.82, 2.24) is 34.6 Å². The summed E-state index contributed by atoms with van der Waals surface area (Å²) in [6.45, 7) is 0. The Morgan fingerprint density at radius 3 is 2.86 bits per heavy atom. The molecule has 1 fully saturated rings. The largest absolute Gasteiger partial charge is 0.319 e. The molecule has 1 aliphatic carbocycles. The summed E-state index contributed by atoms with van der Waals surface area (Å²) in [7, 11) is 0. The third-order valence-electron chi connectivity index (χ3n) is 5.05. The molecule has 0 atom stereocenters. The van der Waals surface area contributed by atoms with E-state index in [1.807, 2.05) is 0 Å². The highest BCUT2D eigenvalue weighted by Crippen LogP contribution is 2.34. The quantitative estimate of drug-likeness (QED) is 0.537. The van der Waals surface area contributed by atoms with Gasteiger partial charge in [-0.15, -0.1) is 0 Å². The van der Waals surface area contributed by atoms with Gasteiger partial charge < -0.3 is 5.32 Å². The first-order valence-corrected chi connectivity index (χ1v) is 9.13. The Morgan fingerprint density at radius 1 is 1.31 bits per heavy atom. The van der Waals surface area contributed by atoms with E-state index in [0.29, 0.717) is 17.0 Å². The van der Waals surface area contributed by atoms with Gasteiger partial charge in [0.2, 0.25) is 0 Å². The lowest BCUT2D eigenvalue weighted by molar-refractivity contribution is 0.102. The zero-order valence-corrected chi connectivity index (χ0v) is 15.1. The molecule has 148 valence electrons. The molecule has 2 N–H and O–H groups in total. The third-order valence-corrected chi connectivity index (χ3v) is 5.05. The lowest BCUT2D eigenvalue weighted by Gasteiger charge is -2.25. The minimum absolute atomic E-state index is 0.000900. The number of halogens is 2. The molecule has 0 unspecified atom stereocenters. The average molecular weight is 398 g/mol. The number of hydrogen-bond donors (Lipinski definition) is 2. The number of carbonyl (C=O) groups excluding carboxylic acids is 1. The van der Waals surface area contributed by atoms with Crippen molar-refractivity contribution < 1.29 is 13.6 Å². The van der Waals surface area contributed by atoms with Gasteiger partial charge in [-0.25, -0.2) is 18.3 Å². The number of anilines is 1. The molecular formula is C18H16F2N8O. The summed E-state index contributed by atoms with van der Waals surface area (Å²) in [6, 6.07) is 3.58. The van der Waals surface area contributed by atoms with E-state index in [4.69, 9.17) is 0 Å². The molecule has 0 radical (unpaired) electrons. The SMILES string of the molecule is O=C(Nc1cn(C2CCC2)nc1C(F)F)c1cnn2ccc(-c3ccn[nH]3)nc12. The van der Waals surface area contributed by atoms with Gasteiger partial charge in [0.15, 0.2) is 11.3 Å². The van der Waals surface area contributed by atoms with Crippen LogP contribution >= 0.6 is 0 Å². The number of fused-ring (bicyclic) bond motifs is 1. The van der Waals surface area contributed by atoms with Crippen molar-refractivity contribution in [2.45, 2.75) is 31.7 Å². The van der Waals surface area contributed by atoms with E-state index in [0.717, 1.165) is 19.3 Å². The van der Waals surface area contributed by atoms with Gasteiger partial charge in [0.1, 0.15) is 5.56 Å². The van der Waals surface area contributed by atoms with Gasteiger partial charge in [0.25, 0.3) is 12.3 Å². The van der Waals surface area contributed by atoms with Crippen molar-refractivity contribution in [3.8, 4) is 11.4 Å². The number of alkyl halides is 2. The Labute approximate surface area is 162 Å². The molecule has 9 nitrogen and oxygen atoms in total. The molecule has 4 aromatic heterocycles. The van der Waals surface area contributed by atoms with Crippen LogP contribution in [0.1, 0.15) is 47.8 Å². The molecule has 5 rings (SSSR count). The Kier molecular flexibility index (Phi) is 4.07. The van der Waals surface area contributed by atoms with Crippen molar-refractivity contribution in [3.05, 3.63) is 48.2 Å². The smallest absolute Gasteiger partial charge is 0.284 e. The van der Waals surface area contributed by atoms with Crippen molar-refractivity contribution in [2.75, 3.05) is 5.32 Å². The maximum atomic E-state index is 13.4. The fraction of sp³-hybridized carbons (Fsp3) is 0.278. The van der Waals surface area contributed by atoms with Crippen LogP contribution in [0, 0.1) is 0 Å². The Bertz CT molecular complexity index is 1180. The number of H-pyrrole nitrogens is 1. The number of rotatable bonds is 5. The predicted octanol–water partition coefficient (Wildman–Crippen LogP) is 3.23. The Hall–Kier alpha value is -3.63. The highest BCUT2D eigenvalue weighted by molar-refractivity contribution is 6.08. The summed E-state index contributed by atoms with van der Waals surface area (Å²) in [5, 5.41) is 17.3. The minimum atomic E-state index is -2.79. The average Bonchev–Trinajstić information content (AvgIpc) is 3.39. The van der Waals surface area contributed by atoms with Crippen LogP contribution in [0.4, 0.5) is 14.5 Å². The van der Waals surface area contributed by atoms with Crippen molar-refractivity contribution in [3.63, 3.8) is 0 Å². The molecule has 11 heteroatoms. The Balaban J connectivity index is 1.47. The van der Waals surface area contributed by atoms with Gasteiger partial charge in [-0.3, -0.25) is 14.6 Å². The second kappa shape index (κ2) is 6.76. The van der Waals surface area contributed by atoms with E-state index in [9.17, 15) is 13.6 Å². The molecule has 0 aromatic carbocycles. The molecule has 0 saturated heterocycles. The first-order chi connectivity index (χ1) is 14.1. The molecule has 1 amide bonds. The number of hydrogen-bond acceptors (Lipinski definition) is 5. The molecule has 4 heterocycles. The molecule has 0 bridgehead atoms. The maximum Gasteiger partial charge on any atom is 0.284 e. The molecule has 1 saturated carbocycles. The predicted molar refractivity (Wildman–Crippen MR) is 98.6 cm³/mol. The van der Waals surface area contributed by atoms with Gasteiger partial charge in [-0.05, 0) is 31.4 Å². The summed E-state index contributed by atoms with van der Waals surface area (Å²) in [6.07, 6.45) is 6.12. The fourth-order valence-electron chi connectivity index (χ4n) is 3.27. The molecule has 0 aliphatic heterocycles. The number of nitrogens with zero attached hydrogens (tertiary/aromatic N) is 6. The first kappa shape index (κ1) is 17.5. The van der Waals surface area contributed by atoms with Gasteiger partial charge >= 0.3 is 0 Å². The molecular weight excluding hydrogens is 382 g/mol. The van der Waals surface area contributed by atoms with Crippen LogP contribution in [0.2, 0.25) is 0 Å². The van der Waals surface area contributed by atoms with E-state index < -0.39 is 18.0 Å². The number of aromatic nitrogens is 7. The van der Waals surface area contributed by atoms with E-state index in [1.165, 1.54) is 21.6 Å². The zero-order valence-electron chi connectivity index (χ0n) is 15.1. The van der Waals surface area contributed by atoms with Crippen LogP contribution < -0.4 is 5.32 Å². The van der Waals surface area contributed by atoms with Crippen LogP contribution in [-0.2, 0) is 0 Å². The monoisotopic (exact) mass is 398 g/mol. The van der Waals surface area contributed by atoms with Crippen molar-refractivity contribution in [2.24, 2.45) is 0 Å². The minimum Gasteiger partial charge on any atom is -0.319 e. The first-order valence-electron chi connectivity index (χ1n) is 9.13. The summed E-state index contributed by atoms with van der Waals surface area (Å²) in [5.74, 6) is -0.579. The summed E-state index contributed by atoms with van der Waals surface area (Å²) in [4.78, 5) is 17.3. The van der Waals surface area contributed by atoms with Gasteiger partial charge in [0, 0.05) is 18.6 Å². The standard InChI is InChI=1S/C18H16F2N8O/c19-16(20)15-14(9-28(26-15)10-2-1-3-10)24-18(29)11-8-22-27-7-5-12(23-17(11)27)13-4-6-21-25-13/h4-10,16H,1-3H2,(H,21,25)(H,24,29). The highest BCUT2D eigenvalue weighted by Gasteiger charge is 2.26. The summed E-state index contributed by atoms with van der Waals surface area (Å²) >= 11 is 0. The number of carbonyl (C=O) groups is 1. The van der Waals surface area contributed by atoms with Gasteiger partial charge in [0.05, 0.1) is 29.3 Å². The molecule has 4 aromatic rings. The van der Waals surface area contributed by atoms with Crippen molar-refractivity contribution in [1.29, 1.82) is 0 Å². The molecule has 29 heavy (non-hydrogen) atoms. The van der Waals surface area contributed by atoms with Crippen LogP contribution in [-0.4, -0.2) is 40.5 Å².